The molecule has 1 aromatic rings. The summed E-state index contributed by atoms with van der Waals surface area (Å²) in [6, 6.07) is 9.18. The minimum atomic E-state index is 0.562. The number of thioether (sulfide) groups is 1. The maximum Gasteiger partial charge on any atom is 0.0175 e. The molecule has 0 saturated heterocycles. The van der Waals surface area contributed by atoms with Crippen LogP contribution in [0.15, 0.2) is 28.7 Å². The van der Waals surface area contributed by atoms with E-state index < -0.39 is 0 Å². The van der Waals surface area contributed by atoms with Gasteiger partial charge in [-0.25, -0.2) is 0 Å². The highest BCUT2D eigenvalue weighted by Gasteiger charge is 2.02. The SMILES string of the molecule is CSCCCCCNC(C)Cc1ccc(Br)cc1. The van der Waals surface area contributed by atoms with Crippen molar-refractivity contribution >= 4 is 27.7 Å². The zero-order valence-corrected chi connectivity index (χ0v) is 13.8. The van der Waals surface area contributed by atoms with Crippen molar-refractivity contribution in [2.75, 3.05) is 18.6 Å². The molecule has 1 nitrogen and oxygen atoms in total. The molecule has 0 bridgehead atoms. The molecule has 0 fully saturated rings. The molecule has 0 radical (unpaired) electrons. The molecule has 1 atom stereocenters. The van der Waals surface area contributed by atoms with Gasteiger partial charge in [0.1, 0.15) is 0 Å². The van der Waals surface area contributed by atoms with E-state index in [1.807, 2.05) is 11.8 Å². The average molecular weight is 330 g/mol. The van der Waals surface area contributed by atoms with Gasteiger partial charge in [-0.3, -0.25) is 0 Å². The summed E-state index contributed by atoms with van der Waals surface area (Å²) in [4.78, 5) is 0. The molecule has 0 spiro atoms. The smallest absolute Gasteiger partial charge is 0.0175 e. The lowest BCUT2D eigenvalue weighted by Crippen LogP contribution is -2.28. The molecule has 0 amide bonds. The number of hydrogen-bond acceptors (Lipinski definition) is 2. The summed E-state index contributed by atoms with van der Waals surface area (Å²) in [5, 5.41) is 3.60. The van der Waals surface area contributed by atoms with E-state index in [2.05, 4.69) is 58.7 Å². The van der Waals surface area contributed by atoms with Gasteiger partial charge in [0.2, 0.25) is 0 Å². The maximum absolute atomic E-state index is 3.60. The Bertz CT molecular complexity index is 313. The zero-order valence-electron chi connectivity index (χ0n) is 11.4. The number of unbranched alkanes of at least 4 members (excludes halogenated alkanes) is 2. The zero-order chi connectivity index (χ0) is 13.2. The first kappa shape index (κ1) is 16.1. The molecule has 0 aliphatic rings. The highest BCUT2D eigenvalue weighted by Crippen LogP contribution is 2.11. The van der Waals surface area contributed by atoms with Crippen LogP contribution in [0.5, 0.6) is 0 Å². The summed E-state index contributed by atoms with van der Waals surface area (Å²) < 4.78 is 1.15. The third-order valence-electron chi connectivity index (χ3n) is 2.97. The van der Waals surface area contributed by atoms with Crippen LogP contribution in [-0.2, 0) is 6.42 Å². The van der Waals surface area contributed by atoms with Gasteiger partial charge in [-0.1, -0.05) is 34.5 Å². The van der Waals surface area contributed by atoms with E-state index in [1.54, 1.807) is 0 Å². The van der Waals surface area contributed by atoms with Crippen LogP contribution in [-0.4, -0.2) is 24.6 Å². The monoisotopic (exact) mass is 329 g/mol. The molecule has 3 heteroatoms. The van der Waals surface area contributed by atoms with Crippen LogP contribution in [0.3, 0.4) is 0 Å². The lowest BCUT2D eigenvalue weighted by atomic mass is 10.1. The predicted molar refractivity (Wildman–Crippen MR) is 87.5 cm³/mol. The Morgan fingerprint density at radius 1 is 1.17 bits per heavy atom. The fraction of sp³-hybridized carbons (Fsp3) is 0.600. The van der Waals surface area contributed by atoms with E-state index >= 15 is 0 Å². The van der Waals surface area contributed by atoms with E-state index in [0.29, 0.717) is 6.04 Å². The molecule has 1 aromatic carbocycles. The fourth-order valence-corrected chi connectivity index (χ4v) is 2.70. The molecular formula is C15H24BrNS. The third kappa shape index (κ3) is 7.45. The summed E-state index contributed by atoms with van der Waals surface area (Å²) in [5.41, 5.74) is 1.40. The van der Waals surface area contributed by atoms with Crippen molar-refractivity contribution in [3.05, 3.63) is 34.3 Å². The van der Waals surface area contributed by atoms with Crippen LogP contribution in [0.1, 0.15) is 31.7 Å². The van der Waals surface area contributed by atoms with Crippen LogP contribution in [0.2, 0.25) is 0 Å². The van der Waals surface area contributed by atoms with Gasteiger partial charge in [0.05, 0.1) is 0 Å². The Morgan fingerprint density at radius 2 is 1.89 bits per heavy atom. The lowest BCUT2D eigenvalue weighted by molar-refractivity contribution is 0.524. The molecule has 102 valence electrons. The predicted octanol–water partition coefficient (Wildman–Crippen LogP) is 4.50. The van der Waals surface area contributed by atoms with Crippen LogP contribution >= 0.6 is 27.7 Å². The third-order valence-corrected chi connectivity index (χ3v) is 4.20. The Morgan fingerprint density at radius 3 is 2.56 bits per heavy atom. The first-order valence-electron chi connectivity index (χ1n) is 6.69. The van der Waals surface area contributed by atoms with Crippen LogP contribution in [0.4, 0.5) is 0 Å². The van der Waals surface area contributed by atoms with Gasteiger partial charge in [-0.15, -0.1) is 0 Å². The van der Waals surface area contributed by atoms with Crippen molar-refractivity contribution in [1.29, 1.82) is 0 Å². The Hall–Kier alpha value is 0.01000. The summed E-state index contributed by atoms with van der Waals surface area (Å²) >= 11 is 5.41. The second-order valence-corrected chi connectivity index (χ2v) is 6.64. The summed E-state index contributed by atoms with van der Waals surface area (Å²) in [6.45, 7) is 3.41. The largest absolute Gasteiger partial charge is 0.314 e. The Balaban J connectivity index is 2.10. The number of halogens is 1. The topological polar surface area (TPSA) is 12.0 Å². The first-order chi connectivity index (χ1) is 8.72. The van der Waals surface area contributed by atoms with Gasteiger partial charge in [-0.2, -0.15) is 11.8 Å². The highest BCUT2D eigenvalue weighted by atomic mass is 79.9. The molecule has 1 rings (SSSR count). The van der Waals surface area contributed by atoms with Gasteiger partial charge in [0.15, 0.2) is 0 Å². The van der Waals surface area contributed by atoms with Gasteiger partial charge < -0.3 is 5.32 Å². The molecule has 0 heterocycles. The van der Waals surface area contributed by atoms with E-state index in [4.69, 9.17) is 0 Å². The highest BCUT2D eigenvalue weighted by molar-refractivity contribution is 9.10. The molecular weight excluding hydrogens is 306 g/mol. The van der Waals surface area contributed by atoms with Crippen molar-refractivity contribution in [1.82, 2.24) is 5.32 Å². The summed E-state index contributed by atoms with van der Waals surface area (Å²) in [7, 11) is 0. The van der Waals surface area contributed by atoms with Crippen molar-refractivity contribution in [3.8, 4) is 0 Å². The fourth-order valence-electron chi connectivity index (χ4n) is 1.94. The first-order valence-corrected chi connectivity index (χ1v) is 8.88. The lowest BCUT2D eigenvalue weighted by Gasteiger charge is -2.13. The van der Waals surface area contributed by atoms with Crippen molar-refractivity contribution in [2.24, 2.45) is 0 Å². The Labute approximate surface area is 124 Å². The van der Waals surface area contributed by atoms with Crippen LogP contribution < -0.4 is 5.32 Å². The number of rotatable bonds is 9. The second kappa shape index (κ2) is 9.88. The minimum Gasteiger partial charge on any atom is -0.314 e. The second-order valence-electron chi connectivity index (χ2n) is 4.74. The standard InChI is InChI=1S/C15H24BrNS/c1-13(17-10-4-3-5-11-18-2)12-14-6-8-15(16)9-7-14/h6-9,13,17H,3-5,10-12H2,1-2H3. The molecule has 18 heavy (non-hydrogen) atoms. The van der Waals surface area contributed by atoms with Crippen molar-refractivity contribution in [2.45, 2.75) is 38.6 Å². The van der Waals surface area contributed by atoms with Crippen LogP contribution in [0.25, 0.3) is 0 Å². The molecule has 0 aliphatic heterocycles. The van der Waals surface area contributed by atoms with E-state index in [1.165, 1.54) is 30.6 Å². The van der Waals surface area contributed by atoms with E-state index in [-0.39, 0.29) is 0 Å². The number of benzene rings is 1. The molecule has 1 unspecified atom stereocenters. The number of nitrogens with one attached hydrogen (secondary N) is 1. The van der Waals surface area contributed by atoms with Crippen LogP contribution in [0, 0.1) is 0 Å². The van der Waals surface area contributed by atoms with Gasteiger partial charge in [-0.05, 0) is 62.4 Å². The van der Waals surface area contributed by atoms with Gasteiger partial charge in [0, 0.05) is 10.5 Å². The normalized spacial score (nSPS) is 12.6. The van der Waals surface area contributed by atoms with E-state index in [0.717, 1.165) is 17.4 Å². The van der Waals surface area contributed by atoms with Crippen molar-refractivity contribution in [3.63, 3.8) is 0 Å². The summed E-state index contributed by atoms with van der Waals surface area (Å²) in [5.74, 6) is 1.30. The Kier molecular flexibility index (Phi) is 8.82. The maximum atomic E-state index is 3.60. The molecule has 1 N–H and O–H groups in total. The number of hydrogen-bond donors (Lipinski definition) is 1. The van der Waals surface area contributed by atoms with Crippen molar-refractivity contribution < 1.29 is 0 Å². The van der Waals surface area contributed by atoms with Gasteiger partial charge in [0.25, 0.3) is 0 Å². The molecule has 0 saturated carbocycles. The molecule has 0 aromatic heterocycles. The van der Waals surface area contributed by atoms with E-state index in [9.17, 15) is 0 Å². The molecule has 0 aliphatic carbocycles. The minimum absolute atomic E-state index is 0.562. The quantitative estimate of drug-likeness (QED) is 0.669. The summed E-state index contributed by atoms with van der Waals surface area (Å²) in [6.07, 6.45) is 7.28. The average Bonchev–Trinajstić information content (AvgIpc) is 2.36. The van der Waals surface area contributed by atoms with Gasteiger partial charge >= 0.3 is 0 Å².